The van der Waals surface area contributed by atoms with E-state index >= 15 is 0 Å². The minimum atomic E-state index is -1.01. The summed E-state index contributed by atoms with van der Waals surface area (Å²) in [6, 6.07) is 13.6. The van der Waals surface area contributed by atoms with Crippen molar-refractivity contribution in [1.29, 1.82) is 0 Å². The van der Waals surface area contributed by atoms with Crippen LogP contribution in [-0.2, 0) is 11.2 Å². The molecule has 0 unspecified atom stereocenters. The number of carboxylic acids is 1. The highest BCUT2D eigenvalue weighted by Gasteiger charge is 2.13. The van der Waals surface area contributed by atoms with Gasteiger partial charge in [0.05, 0.1) is 0 Å². The lowest BCUT2D eigenvalue weighted by Crippen LogP contribution is -1.89. The smallest absolute Gasteiger partial charge is 0.328 e. The zero-order valence-corrected chi connectivity index (χ0v) is 13.3. The largest absolute Gasteiger partial charge is 0.478 e. The Morgan fingerprint density at radius 2 is 1.96 bits per heavy atom. The van der Waals surface area contributed by atoms with Crippen LogP contribution in [-0.4, -0.2) is 11.1 Å². The van der Waals surface area contributed by atoms with E-state index < -0.39 is 5.97 Å². The molecule has 116 valence electrons. The first-order chi connectivity index (χ1) is 11.0. The Morgan fingerprint density at radius 3 is 2.65 bits per heavy atom. The molecule has 3 nitrogen and oxygen atoms in total. The number of aryl methyl sites for hydroxylation is 1. The molecule has 0 fully saturated rings. The van der Waals surface area contributed by atoms with Crippen LogP contribution in [0.2, 0.25) is 5.02 Å². The van der Waals surface area contributed by atoms with E-state index in [9.17, 15) is 4.79 Å². The molecule has 1 aromatic heterocycles. The van der Waals surface area contributed by atoms with Crippen LogP contribution in [0.3, 0.4) is 0 Å². The highest BCUT2D eigenvalue weighted by atomic mass is 35.5. The summed E-state index contributed by atoms with van der Waals surface area (Å²) in [7, 11) is 0. The molecular formula is C19H15ClO3. The molecule has 23 heavy (non-hydrogen) atoms. The zero-order chi connectivity index (χ0) is 16.4. The van der Waals surface area contributed by atoms with Crippen molar-refractivity contribution in [3.8, 4) is 0 Å². The highest BCUT2D eigenvalue weighted by molar-refractivity contribution is 6.31. The van der Waals surface area contributed by atoms with Crippen molar-refractivity contribution in [1.82, 2.24) is 0 Å². The summed E-state index contributed by atoms with van der Waals surface area (Å²) in [5.74, 6) is 0.311. The first-order valence-electron chi connectivity index (χ1n) is 7.21. The number of aliphatic carboxylic acids is 1. The molecule has 0 aliphatic rings. The minimum absolute atomic E-state index is 0.543. The van der Waals surface area contributed by atoms with E-state index in [4.69, 9.17) is 21.1 Å². The molecule has 0 aliphatic heterocycles. The predicted molar refractivity (Wildman–Crippen MR) is 91.9 cm³/mol. The standard InChI is InChI=1S/C19H15ClO3/c1-12-6-7-13(16(20)10-12)11-18-15-5-3-2-4-14(15)17(23-18)8-9-19(21)22/h2-10H,11H2,1H3,(H,21,22). The first-order valence-corrected chi connectivity index (χ1v) is 7.59. The van der Waals surface area contributed by atoms with Crippen molar-refractivity contribution in [3.05, 3.63) is 76.2 Å². The molecule has 0 aliphatic carbocycles. The highest BCUT2D eigenvalue weighted by Crippen LogP contribution is 2.30. The maximum atomic E-state index is 10.7. The van der Waals surface area contributed by atoms with Gasteiger partial charge in [0.25, 0.3) is 0 Å². The van der Waals surface area contributed by atoms with Crippen LogP contribution in [0.1, 0.15) is 22.6 Å². The molecule has 0 radical (unpaired) electrons. The van der Waals surface area contributed by atoms with Crippen LogP contribution in [0.15, 0.2) is 53.0 Å². The van der Waals surface area contributed by atoms with Gasteiger partial charge in [-0.2, -0.15) is 0 Å². The first kappa shape index (κ1) is 15.4. The second-order valence-corrected chi connectivity index (χ2v) is 5.79. The van der Waals surface area contributed by atoms with E-state index in [1.54, 1.807) is 0 Å². The average molecular weight is 327 g/mol. The topological polar surface area (TPSA) is 50.4 Å². The Morgan fingerprint density at radius 1 is 1.22 bits per heavy atom. The van der Waals surface area contributed by atoms with Gasteiger partial charge in [-0.3, -0.25) is 0 Å². The van der Waals surface area contributed by atoms with Crippen LogP contribution < -0.4 is 0 Å². The SMILES string of the molecule is Cc1ccc(Cc2oc(C=CC(=O)O)c3ccccc23)c(Cl)c1. The fraction of sp³-hybridized carbons (Fsp3) is 0.105. The quantitative estimate of drug-likeness (QED) is 0.680. The van der Waals surface area contributed by atoms with Crippen LogP contribution in [0.5, 0.6) is 0 Å². The Labute approximate surface area is 138 Å². The molecule has 0 spiro atoms. The second kappa shape index (κ2) is 6.31. The summed E-state index contributed by atoms with van der Waals surface area (Å²) in [5.41, 5.74) is 2.08. The van der Waals surface area contributed by atoms with Gasteiger partial charge in [0.15, 0.2) is 0 Å². The summed E-state index contributed by atoms with van der Waals surface area (Å²) in [4.78, 5) is 10.7. The Kier molecular flexibility index (Phi) is 4.22. The molecule has 4 heteroatoms. The maximum absolute atomic E-state index is 10.7. The summed E-state index contributed by atoms with van der Waals surface area (Å²) >= 11 is 6.31. The molecule has 0 bridgehead atoms. The summed E-state index contributed by atoms with van der Waals surface area (Å²) in [6.45, 7) is 1.99. The lowest BCUT2D eigenvalue weighted by Gasteiger charge is -2.04. The van der Waals surface area contributed by atoms with Gasteiger partial charge >= 0.3 is 5.97 Å². The van der Waals surface area contributed by atoms with Crippen molar-refractivity contribution in [3.63, 3.8) is 0 Å². The van der Waals surface area contributed by atoms with Gasteiger partial charge in [0.1, 0.15) is 11.5 Å². The monoisotopic (exact) mass is 326 g/mol. The molecule has 3 rings (SSSR count). The molecule has 2 aromatic carbocycles. The maximum Gasteiger partial charge on any atom is 0.328 e. The number of rotatable bonds is 4. The van der Waals surface area contributed by atoms with Crippen LogP contribution in [0.4, 0.5) is 0 Å². The third-order valence-corrected chi connectivity index (χ3v) is 4.01. The van der Waals surface area contributed by atoms with Crippen LogP contribution in [0, 0.1) is 6.92 Å². The summed E-state index contributed by atoms with van der Waals surface area (Å²) in [5, 5.41) is 11.4. The van der Waals surface area contributed by atoms with Crippen LogP contribution >= 0.6 is 11.6 Å². The third kappa shape index (κ3) is 3.30. The fourth-order valence-electron chi connectivity index (χ4n) is 2.55. The van der Waals surface area contributed by atoms with E-state index in [1.165, 1.54) is 6.08 Å². The van der Waals surface area contributed by atoms with Crippen molar-refractivity contribution in [2.45, 2.75) is 13.3 Å². The number of halogens is 1. The van der Waals surface area contributed by atoms with E-state index in [0.717, 1.165) is 33.7 Å². The third-order valence-electron chi connectivity index (χ3n) is 3.66. The second-order valence-electron chi connectivity index (χ2n) is 5.38. The normalized spacial score (nSPS) is 11.4. The van der Waals surface area contributed by atoms with Gasteiger partial charge in [0, 0.05) is 28.3 Å². The molecule has 0 saturated heterocycles. The summed E-state index contributed by atoms with van der Waals surface area (Å²) < 4.78 is 5.90. The predicted octanol–water partition coefficient (Wildman–Crippen LogP) is 5.08. The van der Waals surface area contributed by atoms with Crippen molar-refractivity contribution in [2.75, 3.05) is 0 Å². The average Bonchev–Trinajstić information content (AvgIpc) is 2.86. The molecular weight excluding hydrogens is 312 g/mol. The van der Waals surface area contributed by atoms with Gasteiger partial charge in [-0.25, -0.2) is 4.79 Å². The molecule has 1 heterocycles. The number of benzene rings is 2. The van der Waals surface area contributed by atoms with E-state index in [1.807, 2.05) is 49.4 Å². The molecule has 1 N–H and O–H groups in total. The lowest BCUT2D eigenvalue weighted by atomic mass is 10.0. The van der Waals surface area contributed by atoms with Gasteiger partial charge < -0.3 is 9.52 Å². The number of carboxylic acid groups (broad SMARTS) is 1. The van der Waals surface area contributed by atoms with Gasteiger partial charge in [-0.05, 0) is 30.2 Å². The lowest BCUT2D eigenvalue weighted by molar-refractivity contribution is -0.131. The Hall–Kier alpha value is -2.52. The van der Waals surface area contributed by atoms with Gasteiger partial charge in [-0.15, -0.1) is 0 Å². The molecule has 0 saturated carbocycles. The Balaban J connectivity index is 2.05. The number of carbonyl (C=O) groups is 1. The molecule has 3 aromatic rings. The molecule has 0 atom stereocenters. The van der Waals surface area contributed by atoms with Crippen molar-refractivity contribution < 1.29 is 14.3 Å². The number of hydrogen-bond donors (Lipinski definition) is 1. The zero-order valence-electron chi connectivity index (χ0n) is 12.5. The van der Waals surface area contributed by atoms with Crippen molar-refractivity contribution >= 4 is 34.4 Å². The van der Waals surface area contributed by atoms with Gasteiger partial charge in [0.2, 0.25) is 0 Å². The summed E-state index contributed by atoms with van der Waals surface area (Å²) in [6.07, 6.45) is 3.11. The minimum Gasteiger partial charge on any atom is -0.478 e. The van der Waals surface area contributed by atoms with E-state index in [0.29, 0.717) is 17.2 Å². The van der Waals surface area contributed by atoms with Crippen molar-refractivity contribution in [2.24, 2.45) is 0 Å². The number of fused-ring (bicyclic) bond motifs is 1. The number of furan rings is 1. The Bertz CT molecular complexity index is 906. The fourth-order valence-corrected chi connectivity index (χ4v) is 2.86. The van der Waals surface area contributed by atoms with E-state index in [2.05, 4.69) is 0 Å². The van der Waals surface area contributed by atoms with E-state index in [-0.39, 0.29) is 0 Å². The number of hydrogen-bond acceptors (Lipinski definition) is 2. The van der Waals surface area contributed by atoms with Gasteiger partial charge in [-0.1, -0.05) is 48.0 Å². The molecule has 0 amide bonds. The van der Waals surface area contributed by atoms with Crippen LogP contribution in [0.25, 0.3) is 16.8 Å².